The summed E-state index contributed by atoms with van der Waals surface area (Å²) >= 11 is 1.83. The van der Waals surface area contributed by atoms with Gasteiger partial charge >= 0.3 is 0 Å². The maximum absolute atomic E-state index is 12.7. The van der Waals surface area contributed by atoms with Crippen LogP contribution in [0.4, 0.5) is 5.69 Å². The lowest BCUT2D eigenvalue weighted by molar-refractivity contribution is -0.142. The zero-order chi connectivity index (χ0) is 19.0. The number of thiophene rings is 1. The molecule has 0 aliphatic carbocycles. The van der Waals surface area contributed by atoms with Crippen molar-refractivity contribution in [2.24, 2.45) is 0 Å². The summed E-state index contributed by atoms with van der Waals surface area (Å²) in [4.78, 5) is 33.9. The van der Waals surface area contributed by atoms with E-state index in [1.807, 2.05) is 51.5 Å². The Kier molecular flexibility index (Phi) is 4.78. The first-order chi connectivity index (χ1) is 13.0. The number of carbonyl (C=O) groups excluding carboxylic acids is 2. The van der Waals surface area contributed by atoms with E-state index in [2.05, 4.69) is 24.0 Å². The Labute approximate surface area is 164 Å². The monoisotopic (exact) mass is 383 g/mol. The molecule has 2 aromatic rings. The fourth-order valence-electron chi connectivity index (χ4n) is 4.36. The predicted octanol–water partition coefficient (Wildman–Crippen LogP) is 2.90. The van der Waals surface area contributed by atoms with Gasteiger partial charge in [0.2, 0.25) is 11.8 Å². The Morgan fingerprint density at radius 3 is 2.59 bits per heavy atom. The third kappa shape index (κ3) is 3.51. The van der Waals surface area contributed by atoms with E-state index in [1.165, 1.54) is 9.75 Å². The molecule has 2 amide bonds. The van der Waals surface area contributed by atoms with Gasteiger partial charge in [-0.05, 0) is 37.6 Å². The Balaban J connectivity index is 1.58. The molecule has 2 fully saturated rings. The third-order valence-electron chi connectivity index (χ3n) is 5.65. The van der Waals surface area contributed by atoms with Crippen LogP contribution in [-0.2, 0) is 16.1 Å². The van der Waals surface area contributed by atoms with Gasteiger partial charge in [0.05, 0.1) is 12.1 Å². The van der Waals surface area contributed by atoms with Crippen LogP contribution in [0.5, 0.6) is 0 Å². The molecule has 2 aliphatic heterocycles. The molecule has 1 atom stereocenters. The van der Waals surface area contributed by atoms with Crippen LogP contribution in [0.25, 0.3) is 0 Å². The summed E-state index contributed by atoms with van der Waals surface area (Å²) < 4.78 is 0. The maximum atomic E-state index is 12.7. The Bertz CT molecular complexity index is 850. The Morgan fingerprint density at radius 1 is 1.15 bits per heavy atom. The fourth-order valence-corrected chi connectivity index (χ4v) is 5.29. The molecule has 0 radical (unpaired) electrons. The molecule has 6 heteroatoms. The van der Waals surface area contributed by atoms with Gasteiger partial charge in [-0.2, -0.15) is 0 Å². The summed E-state index contributed by atoms with van der Waals surface area (Å²) in [5.74, 6) is -0.0146. The number of aryl methyl sites for hydroxylation is 1. The van der Waals surface area contributed by atoms with E-state index in [1.54, 1.807) is 6.92 Å². The van der Waals surface area contributed by atoms with Crippen LogP contribution in [-0.4, -0.2) is 53.3 Å². The lowest BCUT2D eigenvalue weighted by atomic mass is 9.91. The normalized spacial score (nSPS) is 23.4. The number of piperazine rings is 1. The molecule has 0 bridgehead atoms. The first-order valence-corrected chi connectivity index (χ1v) is 10.2. The average Bonchev–Trinajstić information content (AvgIpc) is 3.24. The van der Waals surface area contributed by atoms with Crippen molar-refractivity contribution in [2.75, 3.05) is 31.1 Å². The molecule has 0 saturated carbocycles. The van der Waals surface area contributed by atoms with Gasteiger partial charge in [0.15, 0.2) is 0 Å². The molecule has 0 unspecified atom stereocenters. The second-order valence-corrected chi connectivity index (χ2v) is 8.99. The highest BCUT2D eigenvalue weighted by atomic mass is 32.1. The second kappa shape index (κ2) is 7.09. The summed E-state index contributed by atoms with van der Waals surface area (Å²) in [6.07, 6.45) is 0.896. The quantitative estimate of drug-likeness (QED) is 0.819. The summed E-state index contributed by atoms with van der Waals surface area (Å²) in [5, 5.41) is 0. The highest BCUT2D eigenvalue weighted by molar-refractivity contribution is 7.11. The molecule has 3 heterocycles. The molecule has 142 valence electrons. The number of carbonyl (C=O) groups is 2. The van der Waals surface area contributed by atoms with Gasteiger partial charge < -0.3 is 9.80 Å². The van der Waals surface area contributed by atoms with Crippen LogP contribution in [0.15, 0.2) is 42.5 Å². The number of para-hydroxylation sites is 1. The van der Waals surface area contributed by atoms with Gasteiger partial charge in [-0.25, -0.2) is 0 Å². The number of hydrogen-bond acceptors (Lipinski definition) is 4. The standard InChI is InChI=1S/C21H25N3O2S/c1-16-8-9-19(27-16)12-22-11-10-21(14-22)15-23(18-6-4-3-5-7-18)20(26)13-24(21)17(2)25/h3-9H,10-15H2,1-2H3/t21-/m1/s1. The topological polar surface area (TPSA) is 43.9 Å². The molecule has 2 saturated heterocycles. The van der Waals surface area contributed by atoms with Crippen LogP contribution in [0.2, 0.25) is 0 Å². The molecular formula is C21H25N3O2S. The molecule has 2 aliphatic rings. The van der Waals surface area contributed by atoms with Crippen molar-refractivity contribution >= 4 is 28.8 Å². The minimum absolute atomic E-state index is 0.00523. The lowest BCUT2D eigenvalue weighted by Gasteiger charge is -2.48. The molecule has 1 aromatic carbocycles. The highest BCUT2D eigenvalue weighted by Gasteiger charge is 2.50. The van der Waals surface area contributed by atoms with E-state index >= 15 is 0 Å². The van der Waals surface area contributed by atoms with E-state index in [-0.39, 0.29) is 23.9 Å². The summed E-state index contributed by atoms with van der Waals surface area (Å²) in [5.41, 5.74) is 0.611. The van der Waals surface area contributed by atoms with Crippen molar-refractivity contribution in [3.05, 3.63) is 52.2 Å². The van der Waals surface area contributed by atoms with Gasteiger partial charge in [-0.3, -0.25) is 14.5 Å². The smallest absolute Gasteiger partial charge is 0.246 e. The second-order valence-electron chi connectivity index (χ2n) is 7.62. The number of hydrogen-bond donors (Lipinski definition) is 0. The summed E-state index contributed by atoms with van der Waals surface area (Å²) in [6.45, 7) is 7.09. The molecular weight excluding hydrogens is 358 g/mol. The van der Waals surface area contributed by atoms with E-state index in [9.17, 15) is 9.59 Å². The van der Waals surface area contributed by atoms with Gasteiger partial charge in [0, 0.05) is 42.0 Å². The zero-order valence-electron chi connectivity index (χ0n) is 15.9. The first-order valence-electron chi connectivity index (χ1n) is 9.38. The number of benzene rings is 1. The number of nitrogens with zero attached hydrogens (tertiary/aromatic N) is 3. The van der Waals surface area contributed by atoms with E-state index in [4.69, 9.17) is 0 Å². The number of rotatable bonds is 3. The van der Waals surface area contributed by atoms with Crippen LogP contribution >= 0.6 is 11.3 Å². The summed E-state index contributed by atoms with van der Waals surface area (Å²) in [6, 6.07) is 14.1. The minimum atomic E-state index is -0.304. The van der Waals surface area contributed by atoms with E-state index in [0.717, 1.165) is 31.7 Å². The fraction of sp³-hybridized carbons (Fsp3) is 0.429. The SMILES string of the molecule is CC(=O)N1CC(=O)N(c2ccccc2)C[C@]12CCN(Cc1ccc(C)s1)C2. The lowest BCUT2D eigenvalue weighted by Crippen LogP contribution is -2.66. The first kappa shape index (κ1) is 18.2. The van der Waals surface area contributed by atoms with Crippen molar-refractivity contribution in [1.29, 1.82) is 0 Å². The van der Waals surface area contributed by atoms with Crippen LogP contribution < -0.4 is 4.90 Å². The van der Waals surface area contributed by atoms with Gasteiger partial charge in [-0.15, -0.1) is 11.3 Å². The molecule has 4 rings (SSSR count). The van der Waals surface area contributed by atoms with Crippen molar-refractivity contribution in [3.63, 3.8) is 0 Å². The maximum Gasteiger partial charge on any atom is 0.246 e. The molecule has 1 spiro atoms. The number of anilines is 1. The largest absolute Gasteiger partial charge is 0.325 e. The molecule has 27 heavy (non-hydrogen) atoms. The average molecular weight is 384 g/mol. The van der Waals surface area contributed by atoms with Crippen LogP contribution in [0.1, 0.15) is 23.1 Å². The van der Waals surface area contributed by atoms with Crippen LogP contribution in [0, 0.1) is 6.92 Å². The van der Waals surface area contributed by atoms with E-state index in [0.29, 0.717) is 6.54 Å². The van der Waals surface area contributed by atoms with Crippen molar-refractivity contribution in [2.45, 2.75) is 32.4 Å². The van der Waals surface area contributed by atoms with Gasteiger partial charge in [-0.1, -0.05) is 18.2 Å². The van der Waals surface area contributed by atoms with Gasteiger partial charge in [0.1, 0.15) is 6.54 Å². The molecule has 0 N–H and O–H groups in total. The van der Waals surface area contributed by atoms with E-state index < -0.39 is 0 Å². The third-order valence-corrected chi connectivity index (χ3v) is 6.64. The van der Waals surface area contributed by atoms with Crippen molar-refractivity contribution in [1.82, 2.24) is 9.80 Å². The van der Waals surface area contributed by atoms with Crippen molar-refractivity contribution in [3.8, 4) is 0 Å². The molecule has 5 nitrogen and oxygen atoms in total. The Morgan fingerprint density at radius 2 is 1.93 bits per heavy atom. The van der Waals surface area contributed by atoms with Crippen LogP contribution in [0.3, 0.4) is 0 Å². The number of likely N-dealkylation sites (tertiary alicyclic amines) is 1. The number of amides is 2. The Hall–Kier alpha value is -2.18. The highest BCUT2D eigenvalue weighted by Crippen LogP contribution is 2.35. The predicted molar refractivity (Wildman–Crippen MR) is 108 cm³/mol. The minimum Gasteiger partial charge on any atom is -0.325 e. The molecule has 1 aromatic heterocycles. The van der Waals surface area contributed by atoms with Crippen molar-refractivity contribution < 1.29 is 9.59 Å². The zero-order valence-corrected chi connectivity index (χ0v) is 16.7. The van der Waals surface area contributed by atoms with Gasteiger partial charge in [0.25, 0.3) is 0 Å². The summed E-state index contributed by atoms with van der Waals surface area (Å²) in [7, 11) is 0.